The van der Waals surface area contributed by atoms with E-state index >= 15 is 0 Å². The molecule has 1 aliphatic heterocycles. The highest BCUT2D eigenvalue weighted by Crippen LogP contribution is 2.32. The number of ether oxygens (including phenoxy) is 3. The van der Waals surface area contributed by atoms with Gasteiger partial charge in [0.1, 0.15) is 13.2 Å². The second-order valence-electron chi connectivity index (χ2n) is 6.46. The van der Waals surface area contributed by atoms with Crippen LogP contribution >= 0.6 is 0 Å². The summed E-state index contributed by atoms with van der Waals surface area (Å²) in [5, 5.41) is 4.69. The van der Waals surface area contributed by atoms with Crippen molar-refractivity contribution in [3.63, 3.8) is 0 Å². The number of carbonyl (C=O) groups excluding carboxylic acids is 2. The molecular weight excluding hydrogens is 358 g/mol. The van der Waals surface area contributed by atoms with Gasteiger partial charge in [-0.1, -0.05) is 30.3 Å². The van der Waals surface area contributed by atoms with Gasteiger partial charge >= 0.3 is 5.97 Å². The molecule has 0 spiro atoms. The molecular formula is C22H19NO5. The molecule has 0 aromatic heterocycles. The van der Waals surface area contributed by atoms with E-state index in [-0.39, 0.29) is 0 Å². The molecule has 0 saturated carbocycles. The minimum Gasteiger partial charge on any atom is -0.486 e. The zero-order valence-electron chi connectivity index (χ0n) is 15.3. The van der Waals surface area contributed by atoms with Crippen LogP contribution in [0.15, 0.2) is 60.7 Å². The van der Waals surface area contributed by atoms with Crippen LogP contribution in [0.25, 0.3) is 10.8 Å². The van der Waals surface area contributed by atoms with Crippen LogP contribution in [0.4, 0.5) is 5.69 Å². The fraction of sp³-hybridized carbons (Fsp3) is 0.182. The molecule has 3 aromatic rings. The van der Waals surface area contributed by atoms with E-state index in [1.54, 1.807) is 30.3 Å². The molecule has 0 fully saturated rings. The first-order valence-corrected chi connectivity index (χ1v) is 9.00. The van der Waals surface area contributed by atoms with Gasteiger partial charge in [-0.2, -0.15) is 0 Å². The van der Waals surface area contributed by atoms with Gasteiger partial charge in [-0.15, -0.1) is 0 Å². The summed E-state index contributed by atoms with van der Waals surface area (Å²) in [4.78, 5) is 24.8. The molecule has 0 radical (unpaired) electrons. The summed E-state index contributed by atoms with van der Waals surface area (Å²) in [5.41, 5.74) is 0.945. The molecule has 28 heavy (non-hydrogen) atoms. The van der Waals surface area contributed by atoms with E-state index in [1.165, 1.54) is 6.92 Å². The Labute approximate surface area is 162 Å². The lowest BCUT2D eigenvalue weighted by Gasteiger charge is -2.19. The van der Waals surface area contributed by atoms with Gasteiger partial charge in [-0.05, 0) is 42.0 Å². The van der Waals surface area contributed by atoms with Crippen molar-refractivity contribution in [3.05, 3.63) is 66.2 Å². The molecule has 0 bridgehead atoms. The van der Waals surface area contributed by atoms with Crippen molar-refractivity contribution in [1.82, 2.24) is 0 Å². The molecule has 1 amide bonds. The maximum Gasteiger partial charge on any atom is 0.338 e. The van der Waals surface area contributed by atoms with Crippen LogP contribution in [-0.2, 0) is 9.53 Å². The molecule has 3 aromatic carbocycles. The van der Waals surface area contributed by atoms with Crippen LogP contribution in [0.1, 0.15) is 17.3 Å². The summed E-state index contributed by atoms with van der Waals surface area (Å²) < 4.78 is 16.3. The van der Waals surface area contributed by atoms with E-state index in [0.717, 1.165) is 10.8 Å². The molecule has 0 unspecified atom stereocenters. The highest BCUT2D eigenvalue weighted by atomic mass is 16.6. The summed E-state index contributed by atoms with van der Waals surface area (Å²) >= 11 is 0. The van der Waals surface area contributed by atoms with Crippen molar-refractivity contribution < 1.29 is 23.8 Å². The summed E-state index contributed by atoms with van der Waals surface area (Å²) in [6, 6.07) is 18.2. The lowest BCUT2D eigenvalue weighted by atomic mass is 10.1. The normalized spacial score (nSPS) is 13.6. The third kappa shape index (κ3) is 3.76. The van der Waals surface area contributed by atoms with Crippen LogP contribution in [-0.4, -0.2) is 31.2 Å². The average molecular weight is 377 g/mol. The van der Waals surface area contributed by atoms with Crippen molar-refractivity contribution in [1.29, 1.82) is 0 Å². The molecule has 1 N–H and O–H groups in total. The number of benzene rings is 3. The van der Waals surface area contributed by atoms with Crippen LogP contribution in [0.5, 0.6) is 11.5 Å². The van der Waals surface area contributed by atoms with Gasteiger partial charge in [0.15, 0.2) is 17.6 Å². The zero-order valence-corrected chi connectivity index (χ0v) is 15.3. The van der Waals surface area contributed by atoms with E-state index in [0.29, 0.717) is 36.0 Å². The van der Waals surface area contributed by atoms with Gasteiger partial charge in [0.2, 0.25) is 0 Å². The van der Waals surface area contributed by atoms with E-state index in [4.69, 9.17) is 14.2 Å². The van der Waals surface area contributed by atoms with Gasteiger partial charge in [-0.3, -0.25) is 4.79 Å². The Morgan fingerprint density at radius 3 is 2.50 bits per heavy atom. The predicted octanol–water partition coefficient (Wildman–Crippen LogP) is 3.80. The van der Waals surface area contributed by atoms with E-state index in [1.807, 2.05) is 30.3 Å². The second-order valence-corrected chi connectivity index (χ2v) is 6.46. The number of nitrogens with one attached hydrogen (secondary N) is 1. The zero-order chi connectivity index (χ0) is 19.5. The molecule has 6 nitrogen and oxygen atoms in total. The van der Waals surface area contributed by atoms with Crippen molar-refractivity contribution in [3.8, 4) is 11.5 Å². The van der Waals surface area contributed by atoms with Crippen LogP contribution < -0.4 is 14.8 Å². The van der Waals surface area contributed by atoms with Crippen molar-refractivity contribution >= 4 is 28.3 Å². The molecule has 0 saturated heterocycles. The van der Waals surface area contributed by atoms with E-state index < -0.39 is 18.0 Å². The fourth-order valence-corrected chi connectivity index (χ4v) is 2.96. The van der Waals surface area contributed by atoms with Crippen molar-refractivity contribution in [2.75, 3.05) is 18.5 Å². The van der Waals surface area contributed by atoms with Gasteiger partial charge in [0.25, 0.3) is 5.91 Å². The summed E-state index contributed by atoms with van der Waals surface area (Å²) in [6.07, 6.45) is -0.952. The fourth-order valence-electron chi connectivity index (χ4n) is 2.96. The molecule has 1 aliphatic rings. The number of amides is 1. The first kappa shape index (κ1) is 17.9. The molecule has 142 valence electrons. The second kappa shape index (κ2) is 7.60. The maximum absolute atomic E-state index is 12.4. The number of esters is 1. The van der Waals surface area contributed by atoms with E-state index in [9.17, 15) is 9.59 Å². The van der Waals surface area contributed by atoms with Crippen LogP contribution in [0.2, 0.25) is 0 Å². The molecule has 6 heteroatoms. The lowest BCUT2D eigenvalue weighted by molar-refractivity contribution is -0.123. The Kier molecular flexibility index (Phi) is 4.85. The number of anilines is 1. The number of carbonyl (C=O) groups is 2. The Bertz CT molecular complexity index is 1050. The maximum atomic E-state index is 12.4. The molecule has 0 aliphatic carbocycles. The number of fused-ring (bicyclic) bond motifs is 2. The quantitative estimate of drug-likeness (QED) is 0.700. The molecule has 1 heterocycles. The number of hydrogen-bond acceptors (Lipinski definition) is 5. The van der Waals surface area contributed by atoms with Gasteiger partial charge in [-0.25, -0.2) is 4.79 Å². The highest BCUT2D eigenvalue weighted by molar-refractivity contribution is 5.99. The Balaban J connectivity index is 1.41. The number of rotatable bonds is 4. The summed E-state index contributed by atoms with van der Waals surface area (Å²) in [5.74, 6) is 0.242. The van der Waals surface area contributed by atoms with Crippen molar-refractivity contribution in [2.45, 2.75) is 13.0 Å². The SMILES string of the molecule is C[C@@H](OC(=O)c1ccc2ccccc2c1)C(=O)Nc1ccc2c(c1)OCCO2. The third-order valence-corrected chi connectivity index (χ3v) is 4.45. The Morgan fingerprint density at radius 1 is 0.929 bits per heavy atom. The third-order valence-electron chi connectivity index (χ3n) is 4.45. The smallest absolute Gasteiger partial charge is 0.338 e. The monoisotopic (exact) mass is 377 g/mol. The topological polar surface area (TPSA) is 73.9 Å². The van der Waals surface area contributed by atoms with Gasteiger partial charge in [0, 0.05) is 11.8 Å². The Hall–Kier alpha value is -3.54. The van der Waals surface area contributed by atoms with Crippen LogP contribution in [0, 0.1) is 0 Å². The number of hydrogen-bond donors (Lipinski definition) is 1. The van der Waals surface area contributed by atoms with Gasteiger partial charge in [0.05, 0.1) is 5.56 Å². The molecule has 4 rings (SSSR count). The van der Waals surface area contributed by atoms with Crippen molar-refractivity contribution in [2.24, 2.45) is 0 Å². The minimum absolute atomic E-state index is 0.401. The van der Waals surface area contributed by atoms with Crippen LogP contribution in [0.3, 0.4) is 0 Å². The predicted molar refractivity (Wildman–Crippen MR) is 105 cm³/mol. The average Bonchev–Trinajstić information content (AvgIpc) is 2.73. The van der Waals surface area contributed by atoms with Gasteiger partial charge < -0.3 is 19.5 Å². The highest BCUT2D eigenvalue weighted by Gasteiger charge is 2.20. The molecule has 1 atom stereocenters. The summed E-state index contributed by atoms with van der Waals surface area (Å²) in [6.45, 7) is 2.50. The minimum atomic E-state index is -0.952. The summed E-state index contributed by atoms with van der Waals surface area (Å²) in [7, 11) is 0. The standard InChI is InChI=1S/C22H19NO5/c1-14(21(24)23-18-8-9-19-20(13-18)27-11-10-26-19)28-22(25)17-7-6-15-4-2-3-5-16(15)12-17/h2-9,12-14H,10-11H2,1H3,(H,23,24)/t14-/m1/s1. The Morgan fingerprint density at radius 2 is 1.68 bits per heavy atom. The largest absolute Gasteiger partial charge is 0.486 e. The first-order chi connectivity index (χ1) is 13.6. The lowest BCUT2D eigenvalue weighted by Crippen LogP contribution is -2.30. The first-order valence-electron chi connectivity index (χ1n) is 9.00. The van der Waals surface area contributed by atoms with E-state index in [2.05, 4.69) is 5.32 Å².